The molecule has 2 heteroatoms. The van der Waals surface area contributed by atoms with Crippen LogP contribution in [0.2, 0.25) is 0 Å². The van der Waals surface area contributed by atoms with Crippen molar-refractivity contribution in [3.8, 4) is 22.3 Å². The zero-order valence-electron chi connectivity index (χ0n) is 26.5. The van der Waals surface area contributed by atoms with Crippen molar-refractivity contribution in [1.29, 1.82) is 0 Å². The molecule has 0 bridgehead atoms. The summed E-state index contributed by atoms with van der Waals surface area (Å²) >= 11 is 0. The first kappa shape index (κ1) is 32.3. The Bertz CT molecular complexity index is 1090. The minimum Gasteiger partial charge on any atom is -0.698 e. The molecule has 3 aromatic rings. The predicted molar refractivity (Wildman–Crippen MR) is 166 cm³/mol. The van der Waals surface area contributed by atoms with Crippen molar-refractivity contribution >= 4 is 5.69 Å². The van der Waals surface area contributed by atoms with Gasteiger partial charge in [-0.25, -0.2) is 0 Å². The maximum atomic E-state index is 9.65. The maximum absolute atomic E-state index is 9.65. The van der Waals surface area contributed by atoms with Crippen molar-refractivity contribution in [1.82, 2.24) is 0 Å². The second-order valence-corrected chi connectivity index (χ2v) is 12.8. The first-order chi connectivity index (χ1) is 17.3. The second-order valence-electron chi connectivity index (χ2n) is 12.8. The molecule has 1 N–H and O–H groups in total. The fourth-order valence-corrected chi connectivity index (χ4v) is 5.50. The van der Waals surface area contributed by atoms with Crippen molar-refractivity contribution in [2.75, 3.05) is 0 Å². The van der Waals surface area contributed by atoms with E-state index in [1.165, 1.54) is 44.5 Å². The first-order valence-corrected chi connectivity index (χ1v) is 14.5. The van der Waals surface area contributed by atoms with Crippen molar-refractivity contribution in [2.24, 2.45) is 0 Å². The van der Waals surface area contributed by atoms with E-state index >= 15 is 0 Å². The third kappa shape index (κ3) is 6.43. The van der Waals surface area contributed by atoms with Gasteiger partial charge in [-0.2, -0.15) is 0 Å². The van der Waals surface area contributed by atoms with Gasteiger partial charge in [0.2, 0.25) is 0 Å². The van der Waals surface area contributed by atoms with E-state index in [-0.39, 0.29) is 18.9 Å². The molecule has 0 saturated heterocycles. The van der Waals surface area contributed by atoms with Crippen LogP contribution in [0.1, 0.15) is 152 Å². The third-order valence-corrected chi connectivity index (χ3v) is 7.87. The Hall–Kier alpha value is -1.94. The molecule has 200 valence electrons. The third-order valence-electron chi connectivity index (χ3n) is 7.87. The minimum atomic E-state index is 0. The summed E-state index contributed by atoms with van der Waals surface area (Å²) in [6.45, 7) is 27.4. The van der Waals surface area contributed by atoms with Gasteiger partial charge >= 0.3 is 18.9 Å². The SMILES string of the molecule is CC(C)c1cc(C(C)C)c(-c2cccc(-c3c(C(C)C)cc(C(C)C)cc3C(C)C)c2[NH-])c(C(C)C)c1.[Li+]. The Morgan fingerprint density at radius 2 is 0.711 bits per heavy atom. The molecule has 0 atom stereocenters. The van der Waals surface area contributed by atoms with E-state index in [0.717, 1.165) is 11.1 Å². The second kappa shape index (κ2) is 12.9. The molecule has 3 rings (SSSR count). The van der Waals surface area contributed by atoms with Gasteiger partial charge in [0, 0.05) is 0 Å². The van der Waals surface area contributed by atoms with Gasteiger partial charge < -0.3 is 5.73 Å². The smallest absolute Gasteiger partial charge is 0.698 e. The Morgan fingerprint density at radius 3 is 0.921 bits per heavy atom. The van der Waals surface area contributed by atoms with Crippen LogP contribution < -0.4 is 18.9 Å². The molecule has 0 heterocycles. The van der Waals surface area contributed by atoms with E-state index < -0.39 is 0 Å². The molecule has 0 radical (unpaired) electrons. The zero-order valence-corrected chi connectivity index (χ0v) is 26.5. The van der Waals surface area contributed by atoms with Crippen LogP contribution in [-0.2, 0) is 0 Å². The van der Waals surface area contributed by atoms with E-state index in [1.54, 1.807) is 0 Å². The van der Waals surface area contributed by atoms with Crippen LogP contribution >= 0.6 is 0 Å². The molecule has 0 saturated carbocycles. The summed E-state index contributed by atoms with van der Waals surface area (Å²) in [6, 6.07) is 16.1. The van der Waals surface area contributed by atoms with Crippen LogP contribution in [-0.4, -0.2) is 0 Å². The number of hydrogen-bond donors (Lipinski definition) is 0. The average Bonchev–Trinajstić information content (AvgIpc) is 2.82. The summed E-state index contributed by atoms with van der Waals surface area (Å²) in [5.74, 6) is 2.50. The van der Waals surface area contributed by atoms with E-state index in [0.29, 0.717) is 41.2 Å². The molecule has 0 amide bonds. The first-order valence-electron chi connectivity index (χ1n) is 14.5. The van der Waals surface area contributed by atoms with Gasteiger partial charge in [0.25, 0.3) is 0 Å². The van der Waals surface area contributed by atoms with Crippen molar-refractivity contribution in [3.05, 3.63) is 81.6 Å². The van der Waals surface area contributed by atoms with Crippen LogP contribution in [0.5, 0.6) is 0 Å². The summed E-state index contributed by atoms with van der Waals surface area (Å²) < 4.78 is 0. The molecule has 0 fully saturated rings. The summed E-state index contributed by atoms with van der Waals surface area (Å²) in [5.41, 5.74) is 23.2. The summed E-state index contributed by atoms with van der Waals surface area (Å²) in [7, 11) is 0. The van der Waals surface area contributed by atoms with E-state index in [9.17, 15) is 5.73 Å². The molecule has 0 aromatic heterocycles. The van der Waals surface area contributed by atoms with E-state index in [4.69, 9.17) is 0 Å². The maximum Gasteiger partial charge on any atom is 1.00 e. The molecular formula is C36H50LiN. The van der Waals surface area contributed by atoms with Crippen LogP contribution in [0.25, 0.3) is 28.0 Å². The van der Waals surface area contributed by atoms with Crippen LogP contribution in [0.4, 0.5) is 5.69 Å². The van der Waals surface area contributed by atoms with Gasteiger partial charge in [-0.15, -0.1) is 5.69 Å². The average molecular weight is 504 g/mol. The number of hydrogen-bond acceptors (Lipinski definition) is 0. The summed E-state index contributed by atoms with van der Waals surface area (Å²) in [4.78, 5) is 0. The standard InChI is InChI=1S/C36H50N.Li/c1-20(2)26-16-30(22(5)6)34(31(17-26)23(7)8)28-14-13-15-29(36(28)37)35-32(24(9)10)18-27(21(3)4)19-33(35)25(11)12;/h13-25,37H,1-12H3;/q-1;+1. The van der Waals surface area contributed by atoms with Crippen LogP contribution in [0.15, 0.2) is 42.5 Å². The molecule has 0 aliphatic carbocycles. The predicted octanol–water partition coefficient (Wildman–Crippen LogP) is 9.45. The fourth-order valence-electron chi connectivity index (χ4n) is 5.50. The number of rotatable bonds is 8. The van der Waals surface area contributed by atoms with E-state index in [2.05, 4.69) is 126 Å². The van der Waals surface area contributed by atoms with Gasteiger partial charge in [-0.1, -0.05) is 126 Å². The molecule has 0 aliphatic heterocycles. The minimum absolute atomic E-state index is 0. The Labute approximate surface area is 246 Å². The molecular weight excluding hydrogens is 453 g/mol. The molecule has 0 spiro atoms. The van der Waals surface area contributed by atoms with Crippen molar-refractivity contribution < 1.29 is 18.9 Å². The largest absolute Gasteiger partial charge is 1.00 e. The van der Waals surface area contributed by atoms with Gasteiger partial charge in [-0.05, 0) is 91.1 Å². The zero-order chi connectivity index (χ0) is 27.8. The monoisotopic (exact) mass is 503 g/mol. The van der Waals surface area contributed by atoms with Gasteiger partial charge in [0.15, 0.2) is 0 Å². The molecule has 1 nitrogen and oxygen atoms in total. The van der Waals surface area contributed by atoms with Crippen LogP contribution in [0.3, 0.4) is 0 Å². The fraction of sp³-hybridized carbons (Fsp3) is 0.500. The topological polar surface area (TPSA) is 23.8 Å². The van der Waals surface area contributed by atoms with Gasteiger partial charge in [0.1, 0.15) is 0 Å². The number of nitrogens with one attached hydrogen (secondary N) is 1. The van der Waals surface area contributed by atoms with E-state index in [1.807, 2.05) is 0 Å². The number of benzene rings is 3. The Morgan fingerprint density at radius 1 is 0.447 bits per heavy atom. The molecule has 0 unspecified atom stereocenters. The molecule has 38 heavy (non-hydrogen) atoms. The summed E-state index contributed by atoms with van der Waals surface area (Å²) in [6.07, 6.45) is 0. The van der Waals surface area contributed by atoms with Gasteiger partial charge in [-0.3, -0.25) is 0 Å². The normalized spacial score (nSPS) is 11.9. The quantitative estimate of drug-likeness (QED) is 0.273. The molecule has 0 aliphatic rings. The van der Waals surface area contributed by atoms with Crippen molar-refractivity contribution in [2.45, 2.75) is 119 Å². The van der Waals surface area contributed by atoms with Gasteiger partial charge in [0.05, 0.1) is 0 Å². The van der Waals surface area contributed by atoms with Crippen LogP contribution in [0, 0.1) is 0 Å². The Balaban J connectivity index is 0.00000507. The van der Waals surface area contributed by atoms with Crippen molar-refractivity contribution in [3.63, 3.8) is 0 Å². The molecule has 3 aromatic carbocycles. The Kier molecular flexibility index (Phi) is 11.0. The summed E-state index contributed by atoms with van der Waals surface area (Å²) in [5, 5.41) is 0.